The van der Waals surface area contributed by atoms with E-state index < -0.39 is 0 Å². The van der Waals surface area contributed by atoms with E-state index in [1.165, 1.54) is 13.5 Å². The van der Waals surface area contributed by atoms with E-state index in [0.717, 1.165) is 22.0 Å². The van der Waals surface area contributed by atoms with Gasteiger partial charge >= 0.3 is 0 Å². The number of benzene rings is 3. The van der Waals surface area contributed by atoms with Gasteiger partial charge in [0, 0.05) is 34.5 Å². The molecule has 0 saturated heterocycles. The molecule has 1 aromatic heterocycles. The normalized spacial score (nSPS) is 10.1. The summed E-state index contributed by atoms with van der Waals surface area (Å²) in [6.07, 6.45) is 3.07. The Morgan fingerprint density at radius 3 is 2.38 bits per heavy atom. The van der Waals surface area contributed by atoms with E-state index in [9.17, 15) is 4.79 Å². The van der Waals surface area contributed by atoms with Gasteiger partial charge in [0.05, 0.1) is 25.3 Å². The number of nitrogens with one attached hydrogen (secondary N) is 1. The summed E-state index contributed by atoms with van der Waals surface area (Å²) in [6.45, 7) is 4.25. The molecule has 0 aliphatic rings. The Bertz CT molecular complexity index is 1200. The molecule has 1 amide bonds. The third-order valence-electron chi connectivity index (χ3n) is 4.73. The predicted octanol–water partition coefficient (Wildman–Crippen LogP) is 6.59. The Morgan fingerprint density at radius 2 is 1.62 bits per heavy atom. The second-order valence-corrected chi connectivity index (χ2v) is 7.19. The molecule has 4 rings (SSSR count). The van der Waals surface area contributed by atoms with Crippen LogP contribution in [-0.4, -0.2) is 25.1 Å². The Balaban J connectivity index is 0.000000913. The third kappa shape index (κ3) is 5.24. The molecule has 32 heavy (non-hydrogen) atoms. The first kappa shape index (κ1) is 22.8. The fourth-order valence-electron chi connectivity index (χ4n) is 3.24. The van der Waals surface area contributed by atoms with Gasteiger partial charge in [0.15, 0.2) is 0 Å². The lowest BCUT2D eigenvalue weighted by atomic mass is 10.0. The van der Waals surface area contributed by atoms with Crippen LogP contribution in [0.25, 0.3) is 22.0 Å². The molecule has 5 heteroatoms. The van der Waals surface area contributed by atoms with Crippen LogP contribution in [-0.2, 0) is 0 Å². The number of hydrogen-bond donors (Lipinski definition) is 1. The van der Waals surface area contributed by atoms with Crippen molar-refractivity contribution in [2.24, 2.45) is 0 Å². The van der Waals surface area contributed by atoms with E-state index in [1.54, 1.807) is 25.3 Å². The van der Waals surface area contributed by atoms with Crippen molar-refractivity contribution < 1.29 is 14.3 Å². The summed E-state index contributed by atoms with van der Waals surface area (Å²) in [5, 5.41) is 4.04. The number of pyridine rings is 1. The van der Waals surface area contributed by atoms with Crippen LogP contribution < -0.4 is 14.8 Å². The summed E-state index contributed by atoms with van der Waals surface area (Å²) in [7, 11) is 3.10. The van der Waals surface area contributed by atoms with Crippen molar-refractivity contribution in [1.82, 2.24) is 4.98 Å². The van der Waals surface area contributed by atoms with E-state index >= 15 is 0 Å². The van der Waals surface area contributed by atoms with Gasteiger partial charge in [-0.05, 0) is 30.3 Å². The van der Waals surface area contributed by atoms with Crippen LogP contribution in [0.1, 0.15) is 30.6 Å². The van der Waals surface area contributed by atoms with Gasteiger partial charge in [-0.25, -0.2) is 0 Å². The van der Waals surface area contributed by atoms with Gasteiger partial charge in [0.2, 0.25) is 0 Å². The molecule has 1 N–H and O–H groups in total. The summed E-state index contributed by atoms with van der Waals surface area (Å²) in [5.41, 5.74) is 3.89. The summed E-state index contributed by atoms with van der Waals surface area (Å²) >= 11 is 0. The maximum Gasteiger partial charge on any atom is 0.259 e. The Morgan fingerprint density at radius 1 is 0.906 bits per heavy atom. The number of carbonyl (C=O) groups excluding carboxylic acids is 1. The number of amides is 1. The molecule has 5 nitrogen and oxygen atoms in total. The van der Waals surface area contributed by atoms with Crippen molar-refractivity contribution in [2.45, 2.75) is 20.3 Å². The largest absolute Gasteiger partial charge is 0.497 e. The lowest BCUT2D eigenvalue weighted by molar-refractivity contribution is 0.102. The van der Waals surface area contributed by atoms with Gasteiger partial charge in [-0.3, -0.25) is 9.78 Å². The average Bonchev–Trinajstić information content (AvgIpc) is 2.84. The van der Waals surface area contributed by atoms with Crippen molar-refractivity contribution in [2.75, 3.05) is 19.5 Å². The summed E-state index contributed by atoms with van der Waals surface area (Å²) in [5.74, 6) is 0.818. The molecule has 0 fully saturated rings. The molecule has 1 heterocycles. The van der Waals surface area contributed by atoms with Crippen LogP contribution in [0.3, 0.4) is 0 Å². The predicted molar refractivity (Wildman–Crippen MR) is 131 cm³/mol. The highest BCUT2D eigenvalue weighted by atomic mass is 16.5. The number of fused-ring (bicyclic) bond motifs is 1. The molecule has 4 aromatic rings. The topological polar surface area (TPSA) is 60.5 Å². The second kappa shape index (κ2) is 11.0. The van der Waals surface area contributed by atoms with E-state index in [0.29, 0.717) is 22.7 Å². The zero-order valence-corrected chi connectivity index (χ0v) is 18.9. The Hall–Kier alpha value is -3.86. The maximum atomic E-state index is 12.9. The van der Waals surface area contributed by atoms with Crippen LogP contribution in [0.5, 0.6) is 11.5 Å². The summed E-state index contributed by atoms with van der Waals surface area (Å²) < 4.78 is 10.6. The van der Waals surface area contributed by atoms with Crippen molar-refractivity contribution in [1.29, 1.82) is 0 Å². The number of aromatic nitrogens is 1. The van der Waals surface area contributed by atoms with Gasteiger partial charge in [0.1, 0.15) is 11.5 Å². The van der Waals surface area contributed by atoms with Gasteiger partial charge in [-0.2, -0.15) is 0 Å². The highest BCUT2D eigenvalue weighted by Crippen LogP contribution is 2.31. The molecular weight excluding hydrogens is 400 g/mol. The number of para-hydroxylation sites is 2. The fourth-order valence-corrected chi connectivity index (χ4v) is 3.24. The number of ether oxygens (including phenoxy) is 2. The fraction of sp³-hybridized carbons (Fsp3) is 0.185. The third-order valence-corrected chi connectivity index (χ3v) is 4.73. The monoisotopic (exact) mass is 428 g/mol. The molecule has 0 bridgehead atoms. The highest BCUT2D eigenvalue weighted by molar-refractivity contribution is 6.08. The van der Waals surface area contributed by atoms with E-state index in [4.69, 9.17) is 9.47 Å². The molecule has 0 saturated carbocycles. The van der Waals surface area contributed by atoms with Crippen LogP contribution in [0.4, 0.5) is 5.69 Å². The first-order valence-corrected chi connectivity index (χ1v) is 10.6. The standard InChI is InChI=1S/C24H20N2O3.C3H8/c1-28-18-11-12-20(23(14-18)29-2)24(27)26-22-10-6-4-8-19(22)17-13-16-7-3-5-9-21(16)25-15-17;1-3-2/h3-15H,1-2H3,(H,26,27);3H2,1-2H3. The minimum absolute atomic E-state index is 0.259. The minimum Gasteiger partial charge on any atom is -0.497 e. The SMILES string of the molecule is CCC.COc1ccc(C(=O)Nc2ccccc2-c2cnc3ccccc3c2)c(OC)c1. The van der Waals surface area contributed by atoms with Crippen molar-refractivity contribution >= 4 is 22.5 Å². The zero-order valence-electron chi connectivity index (χ0n) is 18.9. The van der Waals surface area contributed by atoms with E-state index in [1.807, 2.05) is 54.7 Å². The number of anilines is 1. The first-order valence-electron chi connectivity index (χ1n) is 10.6. The highest BCUT2D eigenvalue weighted by Gasteiger charge is 2.15. The Kier molecular flexibility index (Phi) is 7.81. The molecular formula is C27H28N2O3. The van der Waals surface area contributed by atoms with Gasteiger partial charge in [-0.1, -0.05) is 56.7 Å². The van der Waals surface area contributed by atoms with Crippen LogP contribution in [0.2, 0.25) is 0 Å². The molecule has 0 unspecified atom stereocenters. The van der Waals surface area contributed by atoms with Crippen LogP contribution >= 0.6 is 0 Å². The number of rotatable bonds is 5. The summed E-state index contributed by atoms with van der Waals surface area (Å²) in [4.78, 5) is 17.5. The van der Waals surface area contributed by atoms with Crippen molar-refractivity contribution in [3.05, 3.63) is 84.6 Å². The van der Waals surface area contributed by atoms with E-state index in [2.05, 4.69) is 30.2 Å². The molecule has 0 atom stereocenters. The minimum atomic E-state index is -0.259. The molecule has 0 radical (unpaired) electrons. The summed E-state index contributed by atoms with van der Waals surface area (Å²) in [6, 6.07) is 22.8. The molecule has 0 spiro atoms. The lowest BCUT2D eigenvalue weighted by Gasteiger charge is -2.14. The quantitative estimate of drug-likeness (QED) is 0.390. The second-order valence-electron chi connectivity index (χ2n) is 7.19. The van der Waals surface area contributed by atoms with Gasteiger partial charge in [0.25, 0.3) is 5.91 Å². The lowest BCUT2D eigenvalue weighted by Crippen LogP contribution is -2.14. The van der Waals surface area contributed by atoms with Crippen molar-refractivity contribution in [3.8, 4) is 22.6 Å². The zero-order chi connectivity index (χ0) is 22.9. The molecule has 0 aliphatic carbocycles. The van der Waals surface area contributed by atoms with Crippen LogP contribution in [0.15, 0.2) is 79.0 Å². The molecule has 164 valence electrons. The average molecular weight is 429 g/mol. The maximum absolute atomic E-state index is 12.9. The number of hydrogen-bond acceptors (Lipinski definition) is 4. The van der Waals surface area contributed by atoms with Crippen LogP contribution in [0, 0.1) is 0 Å². The van der Waals surface area contributed by atoms with E-state index in [-0.39, 0.29) is 5.91 Å². The Labute approximate surface area is 189 Å². The number of carbonyl (C=O) groups is 1. The van der Waals surface area contributed by atoms with Gasteiger partial charge < -0.3 is 14.8 Å². The van der Waals surface area contributed by atoms with Gasteiger partial charge in [-0.15, -0.1) is 0 Å². The molecule has 3 aromatic carbocycles. The molecule has 0 aliphatic heterocycles. The smallest absolute Gasteiger partial charge is 0.259 e. The van der Waals surface area contributed by atoms with Crippen molar-refractivity contribution in [3.63, 3.8) is 0 Å². The number of nitrogens with zero attached hydrogens (tertiary/aromatic N) is 1. The first-order chi connectivity index (χ1) is 15.6. The number of methoxy groups -OCH3 is 2.